The summed E-state index contributed by atoms with van der Waals surface area (Å²) in [6.45, 7) is 2.91. The molecule has 0 aliphatic heterocycles. The average molecular weight is 239 g/mol. The number of rotatable bonds is 3. The van der Waals surface area contributed by atoms with Crippen LogP contribution in [0.1, 0.15) is 20.3 Å². The standard InChI is InChI=1S/C11H13NO5/c1-6-4-9(7(2)13)10(12(15)16)5-8(6)11(14)17-3/h4,10H,5H2,1-3H3/t10-/m0/s1. The van der Waals surface area contributed by atoms with E-state index < -0.39 is 16.9 Å². The van der Waals surface area contributed by atoms with E-state index >= 15 is 0 Å². The molecule has 1 aliphatic carbocycles. The van der Waals surface area contributed by atoms with E-state index in [1.54, 1.807) is 6.92 Å². The number of hydrogen-bond acceptors (Lipinski definition) is 5. The highest BCUT2D eigenvalue weighted by Crippen LogP contribution is 2.27. The lowest BCUT2D eigenvalue weighted by molar-refractivity contribution is -0.510. The van der Waals surface area contributed by atoms with Gasteiger partial charge in [-0.25, -0.2) is 4.79 Å². The molecule has 0 bridgehead atoms. The third-order valence-electron chi connectivity index (χ3n) is 2.70. The highest BCUT2D eigenvalue weighted by molar-refractivity contribution is 5.97. The predicted molar refractivity (Wildman–Crippen MR) is 58.9 cm³/mol. The Hall–Kier alpha value is -1.98. The molecular weight excluding hydrogens is 226 g/mol. The molecule has 0 amide bonds. The number of nitro groups is 1. The summed E-state index contributed by atoms with van der Waals surface area (Å²) in [4.78, 5) is 33.0. The molecule has 6 heteroatoms. The van der Waals surface area contributed by atoms with Crippen LogP contribution in [0.2, 0.25) is 0 Å². The summed E-state index contributed by atoms with van der Waals surface area (Å²) in [5, 5.41) is 10.9. The fourth-order valence-corrected chi connectivity index (χ4v) is 1.77. The lowest BCUT2D eigenvalue weighted by atomic mass is 9.87. The van der Waals surface area contributed by atoms with Gasteiger partial charge in [-0.2, -0.15) is 0 Å². The second-order valence-electron chi connectivity index (χ2n) is 3.81. The maximum Gasteiger partial charge on any atom is 0.334 e. The normalized spacial score (nSPS) is 19.7. The largest absolute Gasteiger partial charge is 0.466 e. The molecule has 0 saturated carbocycles. The Morgan fingerprint density at radius 1 is 1.53 bits per heavy atom. The van der Waals surface area contributed by atoms with Gasteiger partial charge >= 0.3 is 5.97 Å². The molecule has 0 heterocycles. The molecule has 0 aromatic rings. The van der Waals surface area contributed by atoms with Gasteiger partial charge in [0.25, 0.3) is 0 Å². The Balaban J connectivity index is 3.21. The van der Waals surface area contributed by atoms with Crippen LogP contribution in [-0.2, 0) is 14.3 Å². The van der Waals surface area contributed by atoms with Crippen molar-refractivity contribution in [2.45, 2.75) is 26.3 Å². The number of ether oxygens (including phenoxy) is 1. The van der Waals surface area contributed by atoms with Gasteiger partial charge in [0, 0.05) is 10.5 Å². The van der Waals surface area contributed by atoms with E-state index in [1.165, 1.54) is 20.1 Å². The van der Waals surface area contributed by atoms with Gasteiger partial charge in [-0.05, 0) is 25.5 Å². The van der Waals surface area contributed by atoms with E-state index in [-0.39, 0.29) is 23.4 Å². The van der Waals surface area contributed by atoms with Crippen molar-refractivity contribution in [2.24, 2.45) is 0 Å². The second-order valence-corrected chi connectivity index (χ2v) is 3.81. The SMILES string of the molecule is COC(=O)C1=C(C)C=C(C(C)=O)[C@@H]([N+](=O)[O-])C1. The van der Waals surface area contributed by atoms with Crippen molar-refractivity contribution in [3.8, 4) is 0 Å². The van der Waals surface area contributed by atoms with Gasteiger partial charge in [-0.15, -0.1) is 0 Å². The van der Waals surface area contributed by atoms with Crippen molar-refractivity contribution >= 4 is 11.8 Å². The highest BCUT2D eigenvalue weighted by atomic mass is 16.6. The maximum atomic E-state index is 11.4. The molecule has 0 fully saturated rings. The van der Waals surface area contributed by atoms with Crippen molar-refractivity contribution in [1.82, 2.24) is 0 Å². The van der Waals surface area contributed by atoms with Crippen molar-refractivity contribution in [3.05, 3.63) is 32.9 Å². The van der Waals surface area contributed by atoms with Gasteiger partial charge < -0.3 is 4.74 Å². The molecule has 6 nitrogen and oxygen atoms in total. The number of nitrogens with zero attached hydrogens (tertiary/aromatic N) is 1. The summed E-state index contributed by atoms with van der Waals surface area (Å²) in [6, 6.07) is -1.16. The fraction of sp³-hybridized carbons (Fsp3) is 0.455. The third kappa shape index (κ3) is 2.58. The fourth-order valence-electron chi connectivity index (χ4n) is 1.77. The predicted octanol–water partition coefficient (Wildman–Crippen LogP) is 1.04. The lowest BCUT2D eigenvalue weighted by Gasteiger charge is -2.18. The van der Waals surface area contributed by atoms with Gasteiger partial charge in [-0.3, -0.25) is 14.9 Å². The Bertz CT molecular complexity index is 447. The molecule has 0 spiro atoms. The Morgan fingerprint density at radius 3 is 2.53 bits per heavy atom. The van der Waals surface area contributed by atoms with Gasteiger partial charge in [0.1, 0.15) is 0 Å². The number of hydrogen-bond donors (Lipinski definition) is 0. The van der Waals surface area contributed by atoms with Crippen LogP contribution in [0.4, 0.5) is 0 Å². The van der Waals surface area contributed by atoms with Crippen LogP contribution in [-0.4, -0.2) is 29.8 Å². The molecule has 1 aliphatic rings. The summed E-state index contributed by atoms with van der Waals surface area (Å²) >= 11 is 0. The quantitative estimate of drug-likeness (QED) is 0.417. The molecule has 1 atom stereocenters. The summed E-state index contributed by atoms with van der Waals surface area (Å²) < 4.78 is 4.55. The first-order valence-electron chi connectivity index (χ1n) is 5.02. The summed E-state index contributed by atoms with van der Waals surface area (Å²) in [5.74, 6) is -0.942. The minimum atomic E-state index is -1.16. The van der Waals surface area contributed by atoms with Crippen molar-refractivity contribution in [3.63, 3.8) is 0 Å². The lowest BCUT2D eigenvalue weighted by Crippen LogP contribution is -2.30. The molecule has 0 radical (unpaired) electrons. The first-order chi connectivity index (χ1) is 7.88. The number of Topliss-reactive ketones (excluding diaryl/α,β-unsaturated/α-hetero) is 1. The van der Waals surface area contributed by atoms with Crippen molar-refractivity contribution in [2.75, 3.05) is 7.11 Å². The number of carbonyl (C=O) groups is 2. The zero-order valence-corrected chi connectivity index (χ0v) is 9.85. The van der Waals surface area contributed by atoms with Gasteiger partial charge in [0.05, 0.1) is 19.1 Å². The van der Waals surface area contributed by atoms with Crippen LogP contribution in [0, 0.1) is 10.1 Å². The Labute approximate surface area is 98.1 Å². The second kappa shape index (κ2) is 4.90. The maximum absolute atomic E-state index is 11.4. The number of ketones is 1. The van der Waals surface area contributed by atoms with Crippen LogP contribution in [0.3, 0.4) is 0 Å². The summed E-state index contributed by atoms with van der Waals surface area (Å²) in [5.41, 5.74) is 0.916. The molecule has 17 heavy (non-hydrogen) atoms. The van der Waals surface area contributed by atoms with Crippen LogP contribution >= 0.6 is 0 Å². The van der Waals surface area contributed by atoms with E-state index in [0.29, 0.717) is 5.57 Å². The third-order valence-corrected chi connectivity index (χ3v) is 2.70. The smallest absolute Gasteiger partial charge is 0.334 e. The minimum absolute atomic E-state index is 0.100. The Morgan fingerprint density at radius 2 is 2.12 bits per heavy atom. The molecule has 0 N–H and O–H groups in total. The monoisotopic (exact) mass is 239 g/mol. The number of esters is 1. The zero-order valence-electron chi connectivity index (χ0n) is 9.85. The molecule has 0 aromatic heterocycles. The van der Waals surface area contributed by atoms with Gasteiger partial charge in [-0.1, -0.05) is 0 Å². The summed E-state index contributed by atoms with van der Waals surface area (Å²) in [6.07, 6.45) is 1.29. The molecule has 0 aromatic carbocycles. The molecule has 1 rings (SSSR count). The van der Waals surface area contributed by atoms with Gasteiger partial charge in [0.2, 0.25) is 6.04 Å². The number of methoxy groups -OCH3 is 1. The van der Waals surface area contributed by atoms with E-state index in [0.717, 1.165) is 0 Å². The Kier molecular flexibility index (Phi) is 3.77. The number of allylic oxidation sites excluding steroid dienone is 2. The van der Waals surface area contributed by atoms with Crippen molar-refractivity contribution in [1.29, 1.82) is 0 Å². The zero-order chi connectivity index (χ0) is 13.2. The van der Waals surface area contributed by atoms with Crippen LogP contribution in [0.15, 0.2) is 22.8 Å². The average Bonchev–Trinajstić information content (AvgIpc) is 2.27. The first-order valence-corrected chi connectivity index (χ1v) is 5.02. The van der Waals surface area contributed by atoms with Crippen molar-refractivity contribution < 1.29 is 19.2 Å². The highest BCUT2D eigenvalue weighted by Gasteiger charge is 2.35. The topological polar surface area (TPSA) is 86.5 Å². The van der Waals surface area contributed by atoms with Crippen LogP contribution < -0.4 is 0 Å². The molecule has 0 unspecified atom stereocenters. The molecule has 0 saturated heterocycles. The molecular formula is C11H13NO5. The number of carbonyl (C=O) groups excluding carboxylic acids is 2. The van der Waals surface area contributed by atoms with E-state index in [1.807, 2.05) is 0 Å². The minimum Gasteiger partial charge on any atom is -0.466 e. The van der Waals surface area contributed by atoms with E-state index in [9.17, 15) is 19.7 Å². The van der Waals surface area contributed by atoms with E-state index in [2.05, 4.69) is 4.74 Å². The van der Waals surface area contributed by atoms with Crippen LogP contribution in [0.5, 0.6) is 0 Å². The summed E-state index contributed by atoms with van der Waals surface area (Å²) in [7, 11) is 1.22. The van der Waals surface area contributed by atoms with Gasteiger partial charge in [0.15, 0.2) is 5.78 Å². The first kappa shape index (κ1) is 13.1. The molecule has 92 valence electrons. The van der Waals surface area contributed by atoms with E-state index in [4.69, 9.17) is 0 Å². The van der Waals surface area contributed by atoms with Crippen LogP contribution in [0.25, 0.3) is 0 Å².